The minimum absolute atomic E-state index is 0.112. The molecule has 7 heteroatoms. The minimum Gasteiger partial charge on any atom is -0.497 e. The van der Waals surface area contributed by atoms with Gasteiger partial charge in [0, 0.05) is 12.1 Å². The lowest BCUT2D eigenvalue weighted by atomic mass is 9.81. The average molecular weight is 392 g/mol. The highest BCUT2D eigenvalue weighted by Gasteiger charge is 2.36. The minimum atomic E-state index is -0.808. The van der Waals surface area contributed by atoms with Crippen molar-refractivity contribution >= 4 is 17.8 Å². The van der Waals surface area contributed by atoms with Crippen LogP contribution < -0.4 is 15.4 Å². The van der Waals surface area contributed by atoms with Gasteiger partial charge in [-0.3, -0.25) is 9.59 Å². The summed E-state index contributed by atoms with van der Waals surface area (Å²) in [7, 11) is 1.55. The van der Waals surface area contributed by atoms with Crippen LogP contribution in [0.4, 0.5) is 4.79 Å². The summed E-state index contributed by atoms with van der Waals surface area (Å²) < 4.78 is 10.3. The molecule has 1 rings (SSSR count). The van der Waals surface area contributed by atoms with Gasteiger partial charge in [0.15, 0.2) is 5.78 Å². The fraction of sp³-hybridized carbons (Fsp3) is 0.571. The van der Waals surface area contributed by atoms with Crippen molar-refractivity contribution in [2.75, 3.05) is 20.2 Å². The molecular weight excluding hydrogens is 360 g/mol. The Morgan fingerprint density at radius 3 is 2.00 bits per heavy atom. The van der Waals surface area contributed by atoms with Crippen molar-refractivity contribution in [3.8, 4) is 5.75 Å². The topological polar surface area (TPSA) is 93.7 Å². The SMILES string of the molecule is CCC(CC)(CNC(=O)OC(C)(C)C)C(=O)NCC(=O)c1ccc(OC)cc1. The predicted molar refractivity (Wildman–Crippen MR) is 108 cm³/mol. The van der Waals surface area contributed by atoms with Crippen LogP contribution >= 0.6 is 0 Å². The van der Waals surface area contributed by atoms with Crippen molar-refractivity contribution in [2.24, 2.45) is 5.41 Å². The number of amides is 2. The summed E-state index contributed by atoms with van der Waals surface area (Å²) in [6, 6.07) is 6.71. The average Bonchev–Trinajstić information content (AvgIpc) is 2.66. The van der Waals surface area contributed by atoms with E-state index in [0.717, 1.165) is 0 Å². The molecule has 0 saturated carbocycles. The molecule has 0 saturated heterocycles. The van der Waals surface area contributed by atoms with E-state index in [1.54, 1.807) is 52.1 Å². The van der Waals surface area contributed by atoms with E-state index in [4.69, 9.17) is 9.47 Å². The van der Waals surface area contributed by atoms with E-state index in [1.807, 2.05) is 13.8 Å². The Bertz CT molecular complexity index is 673. The quantitative estimate of drug-likeness (QED) is 0.629. The molecule has 0 bridgehead atoms. The molecule has 0 heterocycles. The zero-order valence-corrected chi connectivity index (χ0v) is 17.7. The molecule has 2 N–H and O–H groups in total. The first-order chi connectivity index (χ1) is 13.1. The van der Waals surface area contributed by atoms with Crippen molar-refractivity contribution in [3.05, 3.63) is 29.8 Å². The van der Waals surface area contributed by atoms with Gasteiger partial charge < -0.3 is 20.1 Å². The predicted octanol–water partition coefficient (Wildman–Crippen LogP) is 3.33. The zero-order valence-electron chi connectivity index (χ0n) is 17.7. The number of methoxy groups -OCH3 is 1. The molecule has 1 aromatic carbocycles. The van der Waals surface area contributed by atoms with Crippen LogP contribution in [-0.4, -0.2) is 43.6 Å². The first-order valence-electron chi connectivity index (χ1n) is 9.49. The van der Waals surface area contributed by atoms with Crippen molar-refractivity contribution < 1.29 is 23.9 Å². The molecule has 156 valence electrons. The maximum absolute atomic E-state index is 12.8. The van der Waals surface area contributed by atoms with Gasteiger partial charge >= 0.3 is 6.09 Å². The van der Waals surface area contributed by atoms with Gasteiger partial charge in [0.05, 0.1) is 19.1 Å². The number of rotatable bonds is 9. The highest BCUT2D eigenvalue weighted by molar-refractivity contribution is 6.00. The van der Waals surface area contributed by atoms with E-state index < -0.39 is 17.1 Å². The summed E-state index contributed by atoms with van der Waals surface area (Å²) in [5.74, 6) is 0.192. The largest absolute Gasteiger partial charge is 0.497 e. The molecule has 0 unspecified atom stereocenters. The molecule has 0 fully saturated rings. The van der Waals surface area contributed by atoms with Gasteiger partial charge in [0.1, 0.15) is 11.4 Å². The molecule has 1 aromatic rings. The maximum Gasteiger partial charge on any atom is 0.407 e. The van der Waals surface area contributed by atoms with E-state index in [-0.39, 0.29) is 24.8 Å². The standard InChI is InChI=1S/C21H32N2O5/c1-7-21(8-2,14-23-19(26)28-20(3,4)5)18(25)22-13-17(24)15-9-11-16(27-6)12-10-15/h9-12H,7-8,13-14H2,1-6H3,(H,22,25)(H,23,26). The number of hydrogen-bond acceptors (Lipinski definition) is 5. The fourth-order valence-corrected chi connectivity index (χ4v) is 2.68. The third-order valence-electron chi connectivity index (χ3n) is 4.63. The Labute approximate surface area is 167 Å². The van der Waals surface area contributed by atoms with E-state index in [1.165, 1.54) is 0 Å². The van der Waals surface area contributed by atoms with Crippen molar-refractivity contribution in [1.82, 2.24) is 10.6 Å². The van der Waals surface area contributed by atoms with Crippen LogP contribution in [0.1, 0.15) is 57.8 Å². The van der Waals surface area contributed by atoms with Crippen molar-refractivity contribution in [1.29, 1.82) is 0 Å². The Hall–Kier alpha value is -2.57. The number of carbonyl (C=O) groups is 3. The normalized spacial score (nSPS) is 11.5. The van der Waals surface area contributed by atoms with E-state index in [2.05, 4.69) is 10.6 Å². The van der Waals surface area contributed by atoms with Gasteiger partial charge in [-0.05, 0) is 57.9 Å². The lowest BCUT2D eigenvalue weighted by Gasteiger charge is -2.31. The Kier molecular flexibility index (Phi) is 8.47. The molecule has 0 aliphatic rings. The summed E-state index contributed by atoms with van der Waals surface area (Å²) in [6.07, 6.45) is 0.463. The van der Waals surface area contributed by atoms with Crippen molar-refractivity contribution in [3.63, 3.8) is 0 Å². The second-order valence-corrected chi connectivity index (χ2v) is 7.68. The number of Topliss-reactive ketones (excluding diaryl/α,β-unsaturated/α-hetero) is 1. The van der Waals surface area contributed by atoms with Crippen LogP contribution in [0, 0.1) is 5.41 Å². The lowest BCUT2D eigenvalue weighted by molar-refractivity contribution is -0.131. The van der Waals surface area contributed by atoms with Crippen LogP contribution in [0.3, 0.4) is 0 Å². The zero-order chi connectivity index (χ0) is 21.4. The van der Waals surface area contributed by atoms with Crippen LogP contribution in [0.5, 0.6) is 5.75 Å². The number of benzene rings is 1. The van der Waals surface area contributed by atoms with Crippen LogP contribution in [-0.2, 0) is 9.53 Å². The van der Waals surface area contributed by atoms with Gasteiger partial charge in [-0.1, -0.05) is 13.8 Å². The van der Waals surface area contributed by atoms with Gasteiger partial charge in [-0.2, -0.15) is 0 Å². The number of alkyl carbamates (subject to hydrolysis) is 1. The second kappa shape index (κ2) is 10.1. The van der Waals surface area contributed by atoms with Gasteiger partial charge in [-0.15, -0.1) is 0 Å². The fourth-order valence-electron chi connectivity index (χ4n) is 2.68. The molecule has 0 aromatic heterocycles. The van der Waals surface area contributed by atoms with Gasteiger partial charge in [0.25, 0.3) is 0 Å². The first-order valence-corrected chi connectivity index (χ1v) is 9.49. The molecule has 0 aliphatic carbocycles. The summed E-state index contributed by atoms with van der Waals surface area (Å²) in [6.45, 7) is 9.11. The number of carbonyl (C=O) groups excluding carboxylic acids is 3. The van der Waals surface area contributed by atoms with E-state index >= 15 is 0 Å². The molecule has 2 amide bonds. The molecule has 0 spiro atoms. The smallest absolute Gasteiger partial charge is 0.407 e. The van der Waals surface area contributed by atoms with Gasteiger partial charge in [0.2, 0.25) is 5.91 Å². The number of nitrogens with one attached hydrogen (secondary N) is 2. The summed E-state index contributed by atoms with van der Waals surface area (Å²) >= 11 is 0. The highest BCUT2D eigenvalue weighted by atomic mass is 16.6. The molecule has 28 heavy (non-hydrogen) atoms. The Balaban J connectivity index is 2.69. The Morgan fingerprint density at radius 1 is 0.964 bits per heavy atom. The van der Waals surface area contributed by atoms with Crippen LogP contribution in [0.15, 0.2) is 24.3 Å². The Morgan fingerprint density at radius 2 is 1.54 bits per heavy atom. The molecular formula is C21H32N2O5. The number of ether oxygens (including phenoxy) is 2. The number of hydrogen-bond donors (Lipinski definition) is 2. The summed E-state index contributed by atoms with van der Waals surface area (Å²) in [4.78, 5) is 37.0. The van der Waals surface area contributed by atoms with E-state index in [9.17, 15) is 14.4 Å². The molecule has 0 atom stereocenters. The molecule has 7 nitrogen and oxygen atoms in total. The third-order valence-corrected chi connectivity index (χ3v) is 4.63. The van der Waals surface area contributed by atoms with Crippen molar-refractivity contribution in [2.45, 2.75) is 53.1 Å². The second-order valence-electron chi connectivity index (χ2n) is 7.68. The van der Waals surface area contributed by atoms with E-state index in [0.29, 0.717) is 24.2 Å². The lowest BCUT2D eigenvalue weighted by Crippen LogP contribution is -2.49. The summed E-state index contributed by atoms with van der Waals surface area (Å²) in [5, 5.41) is 5.39. The highest BCUT2D eigenvalue weighted by Crippen LogP contribution is 2.26. The monoisotopic (exact) mass is 392 g/mol. The molecule has 0 radical (unpaired) electrons. The maximum atomic E-state index is 12.8. The first kappa shape index (κ1) is 23.5. The molecule has 0 aliphatic heterocycles. The summed E-state index contributed by atoms with van der Waals surface area (Å²) in [5.41, 5.74) is -0.929. The number of ketones is 1. The van der Waals surface area contributed by atoms with Crippen LogP contribution in [0.25, 0.3) is 0 Å². The third kappa shape index (κ3) is 6.87. The van der Waals surface area contributed by atoms with Gasteiger partial charge in [-0.25, -0.2) is 4.79 Å². The van der Waals surface area contributed by atoms with Crippen LogP contribution in [0.2, 0.25) is 0 Å².